The van der Waals surface area contributed by atoms with Crippen LogP contribution in [0, 0.1) is 5.92 Å². The predicted molar refractivity (Wildman–Crippen MR) is 71.0 cm³/mol. The summed E-state index contributed by atoms with van der Waals surface area (Å²) >= 11 is 0. The standard InChI is InChI=1S/C11H22N2O4S/c1-8(10(14)15)4-6-12-11(16)13-9(2)5-7-18(3)17/h8-9H,4-7H2,1-3H3,(H,14,15)(H2,12,13,16). The molecule has 0 rings (SSSR count). The van der Waals surface area contributed by atoms with Gasteiger partial charge in [-0.2, -0.15) is 0 Å². The number of aliphatic carboxylic acids is 1. The number of urea groups is 1. The second kappa shape index (κ2) is 8.91. The number of carboxylic acid groups (broad SMARTS) is 1. The van der Waals surface area contributed by atoms with E-state index in [4.69, 9.17) is 5.11 Å². The molecule has 7 heteroatoms. The van der Waals surface area contributed by atoms with Crippen molar-refractivity contribution in [2.24, 2.45) is 5.92 Å². The van der Waals surface area contributed by atoms with E-state index in [9.17, 15) is 13.8 Å². The monoisotopic (exact) mass is 278 g/mol. The van der Waals surface area contributed by atoms with Crippen LogP contribution in [0.25, 0.3) is 0 Å². The van der Waals surface area contributed by atoms with Crippen LogP contribution in [0.2, 0.25) is 0 Å². The van der Waals surface area contributed by atoms with Crippen molar-refractivity contribution in [1.29, 1.82) is 0 Å². The van der Waals surface area contributed by atoms with Gasteiger partial charge in [-0.05, 0) is 19.8 Å². The minimum absolute atomic E-state index is 0.0502. The first-order valence-electron chi connectivity index (χ1n) is 5.90. The first-order valence-corrected chi connectivity index (χ1v) is 7.62. The molecule has 0 aromatic carbocycles. The number of rotatable bonds is 8. The van der Waals surface area contributed by atoms with Crippen molar-refractivity contribution in [3.8, 4) is 0 Å². The SMILES string of the molecule is CC(CCS(C)=O)NC(=O)NCCC(C)C(=O)O. The van der Waals surface area contributed by atoms with Gasteiger partial charge in [-0.25, -0.2) is 4.79 Å². The summed E-state index contributed by atoms with van der Waals surface area (Å²) in [5.41, 5.74) is 0. The largest absolute Gasteiger partial charge is 0.481 e. The lowest BCUT2D eigenvalue weighted by Crippen LogP contribution is -2.42. The Kier molecular flexibility index (Phi) is 8.36. The molecule has 6 nitrogen and oxygen atoms in total. The number of nitrogens with one attached hydrogen (secondary N) is 2. The lowest BCUT2D eigenvalue weighted by Gasteiger charge is -2.14. The molecule has 0 spiro atoms. The average Bonchev–Trinajstić information content (AvgIpc) is 2.25. The molecule has 0 radical (unpaired) electrons. The van der Waals surface area contributed by atoms with E-state index in [2.05, 4.69) is 10.6 Å². The van der Waals surface area contributed by atoms with Crippen LogP contribution in [0.4, 0.5) is 4.79 Å². The number of amides is 2. The molecule has 0 bridgehead atoms. The quantitative estimate of drug-likeness (QED) is 0.604. The summed E-state index contributed by atoms with van der Waals surface area (Å²) in [6.45, 7) is 3.76. The summed E-state index contributed by atoms with van der Waals surface area (Å²) in [5, 5.41) is 14.0. The Bertz CT molecular complexity index is 309. The van der Waals surface area contributed by atoms with Gasteiger partial charge in [0.05, 0.1) is 5.92 Å². The van der Waals surface area contributed by atoms with E-state index in [-0.39, 0.29) is 12.1 Å². The van der Waals surface area contributed by atoms with Crippen molar-refractivity contribution in [3.05, 3.63) is 0 Å². The van der Waals surface area contributed by atoms with E-state index >= 15 is 0 Å². The molecule has 3 atom stereocenters. The van der Waals surface area contributed by atoms with Gasteiger partial charge in [-0.1, -0.05) is 6.92 Å². The number of carbonyl (C=O) groups is 2. The number of carbonyl (C=O) groups excluding carboxylic acids is 1. The molecule has 0 aromatic heterocycles. The highest BCUT2D eigenvalue weighted by Crippen LogP contribution is 1.99. The minimum atomic E-state index is -0.865. The van der Waals surface area contributed by atoms with Crippen LogP contribution in [-0.4, -0.2) is 45.9 Å². The van der Waals surface area contributed by atoms with Gasteiger partial charge in [0.15, 0.2) is 0 Å². The molecular formula is C11H22N2O4S. The maximum Gasteiger partial charge on any atom is 0.314 e. The minimum Gasteiger partial charge on any atom is -0.481 e. The van der Waals surface area contributed by atoms with Gasteiger partial charge in [0.25, 0.3) is 0 Å². The molecule has 2 amide bonds. The Hall–Kier alpha value is -1.11. The van der Waals surface area contributed by atoms with Crippen LogP contribution in [0.3, 0.4) is 0 Å². The Balaban J connectivity index is 3.70. The Morgan fingerprint density at radius 1 is 1.28 bits per heavy atom. The maximum atomic E-state index is 11.4. The summed E-state index contributed by atoms with van der Waals surface area (Å²) in [6.07, 6.45) is 2.68. The van der Waals surface area contributed by atoms with E-state index < -0.39 is 22.7 Å². The van der Waals surface area contributed by atoms with Gasteiger partial charge in [0.2, 0.25) is 0 Å². The van der Waals surface area contributed by atoms with Gasteiger partial charge in [-0.3, -0.25) is 9.00 Å². The van der Waals surface area contributed by atoms with Crippen LogP contribution in [-0.2, 0) is 15.6 Å². The van der Waals surface area contributed by atoms with E-state index in [0.717, 1.165) is 0 Å². The summed E-state index contributed by atoms with van der Waals surface area (Å²) in [5.74, 6) is -0.779. The maximum absolute atomic E-state index is 11.4. The summed E-state index contributed by atoms with van der Waals surface area (Å²) in [7, 11) is -0.855. The van der Waals surface area contributed by atoms with E-state index in [1.165, 1.54) is 0 Å². The molecule has 0 aliphatic rings. The molecule has 0 aromatic rings. The Labute approximate surface area is 110 Å². The highest BCUT2D eigenvalue weighted by atomic mass is 32.2. The van der Waals surface area contributed by atoms with Gasteiger partial charge in [-0.15, -0.1) is 0 Å². The summed E-state index contributed by atoms with van der Waals surface area (Å²) in [6, 6.07) is -0.368. The molecule has 106 valence electrons. The number of carboxylic acids is 1. The van der Waals surface area contributed by atoms with Crippen molar-refractivity contribution < 1.29 is 18.9 Å². The van der Waals surface area contributed by atoms with Crippen molar-refractivity contribution in [3.63, 3.8) is 0 Å². The topological polar surface area (TPSA) is 95.5 Å². The van der Waals surface area contributed by atoms with Crippen LogP contribution >= 0.6 is 0 Å². The van der Waals surface area contributed by atoms with Crippen LogP contribution in [0.1, 0.15) is 26.7 Å². The van der Waals surface area contributed by atoms with Crippen LogP contribution < -0.4 is 10.6 Å². The molecule has 0 saturated carbocycles. The third-order valence-corrected chi connectivity index (χ3v) is 3.31. The normalized spacial score (nSPS) is 15.5. The Morgan fingerprint density at radius 3 is 2.39 bits per heavy atom. The second-order valence-corrected chi connectivity index (χ2v) is 5.95. The molecule has 0 heterocycles. The fourth-order valence-corrected chi connectivity index (χ4v) is 1.90. The zero-order chi connectivity index (χ0) is 14.1. The summed E-state index contributed by atoms with van der Waals surface area (Å²) < 4.78 is 10.9. The zero-order valence-corrected chi connectivity index (χ0v) is 11.9. The number of hydrogen-bond acceptors (Lipinski definition) is 3. The lowest BCUT2D eigenvalue weighted by molar-refractivity contribution is -0.141. The van der Waals surface area contributed by atoms with E-state index in [0.29, 0.717) is 25.1 Å². The van der Waals surface area contributed by atoms with Crippen LogP contribution in [0.15, 0.2) is 0 Å². The fourth-order valence-electron chi connectivity index (χ4n) is 1.22. The molecule has 18 heavy (non-hydrogen) atoms. The van der Waals surface area contributed by atoms with Gasteiger partial charge >= 0.3 is 12.0 Å². The first kappa shape index (κ1) is 16.9. The molecule has 0 aliphatic heterocycles. The predicted octanol–water partition coefficient (Wildman–Crippen LogP) is 0.554. The van der Waals surface area contributed by atoms with Crippen molar-refractivity contribution >= 4 is 22.8 Å². The fraction of sp³-hybridized carbons (Fsp3) is 0.818. The van der Waals surface area contributed by atoms with Crippen LogP contribution in [0.5, 0.6) is 0 Å². The van der Waals surface area contributed by atoms with Crippen molar-refractivity contribution in [2.45, 2.75) is 32.7 Å². The highest BCUT2D eigenvalue weighted by molar-refractivity contribution is 7.84. The van der Waals surface area contributed by atoms with E-state index in [1.54, 1.807) is 13.2 Å². The highest BCUT2D eigenvalue weighted by Gasteiger charge is 2.11. The molecule has 0 saturated heterocycles. The third kappa shape index (κ3) is 8.98. The molecule has 3 unspecified atom stereocenters. The van der Waals surface area contributed by atoms with E-state index in [1.807, 2.05) is 6.92 Å². The van der Waals surface area contributed by atoms with Gasteiger partial charge < -0.3 is 15.7 Å². The average molecular weight is 278 g/mol. The summed E-state index contributed by atoms with van der Waals surface area (Å²) in [4.78, 5) is 21.9. The van der Waals surface area contributed by atoms with Gasteiger partial charge in [0.1, 0.15) is 0 Å². The van der Waals surface area contributed by atoms with Crippen molar-refractivity contribution in [1.82, 2.24) is 10.6 Å². The number of hydrogen-bond donors (Lipinski definition) is 3. The zero-order valence-electron chi connectivity index (χ0n) is 11.1. The molecule has 3 N–H and O–H groups in total. The lowest BCUT2D eigenvalue weighted by atomic mass is 10.1. The molecular weight excluding hydrogens is 256 g/mol. The van der Waals surface area contributed by atoms with Gasteiger partial charge in [0, 0.05) is 35.4 Å². The van der Waals surface area contributed by atoms with Crippen molar-refractivity contribution in [2.75, 3.05) is 18.6 Å². The second-order valence-electron chi connectivity index (χ2n) is 4.40. The molecule has 0 aliphatic carbocycles. The molecule has 0 fully saturated rings. The first-order chi connectivity index (χ1) is 8.32. The Morgan fingerprint density at radius 2 is 1.89 bits per heavy atom. The third-order valence-electron chi connectivity index (χ3n) is 2.50. The smallest absolute Gasteiger partial charge is 0.314 e.